The van der Waals surface area contributed by atoms with E-state index in [1.54, 1.807) is 0 Å². The molecule has 0 radical (unpaired) electrons. The largest absolute Gasteiger partial charge is 0.469 e. The molecule has 7 rings (SSSR count). The zero-order valence-corrected chi connectivity index (χ0v) is 31.4. The summed E-state index contributed by atoms with van der Waals surface area (Å²) in [5.74, 6) is -1.16. The number of esters is 3. The highest BCUT2D eigenvalue weighted by Crippen LogP contribution is 2.70. The second-order valence-corrected chi connectivity index (χ2v) is 17.4. The van der Waals surface area contributed by atoms with E-state index >= 15 is 0 Å². The van der Waals surface area contributed by atoms with Crippen molar-refractivity contribution < 1.29 is 48.1 Å². The molecule has 1 aromatic carbocycles. The molecule has 1 saturated heterocycles. The Balaban J connectivity index is 1.10. The standard InChI is InChI=1S/C41H58O10/c1-25(12-15-36(44)45-6)31-13-14-32-37-33(23-35(39(31,32)5)47-27(3)43)38(4)20-21-41(24-30(38)22-34(37)46-26(2)42)50-48-40(49-51-41)18-16-29(17-19-40)28-10-8-7-9-11-28/h7-11,25,29-35,37H,12-24H2,1-6H3/t25?,29?,30-,31?,32?,33?,34-,35+,37?,38+,39-,40?,41?/m1/s1. The molecule has 6 fully saturated rings. The number of fused-ring (bicyclic) bond motifs is 5. The van der Waals surface area contributed by atoms with E-state index in [1.807, 2.05) is 6.07 Å². The second kappa shape index (κ2) is 14.0. The summed E-state index contributed by atoms with van der Waals surface area (Å²) in [6, 6.07) is 10.6. The summed E-state index contributed by atoms with van der Waals surface area (Å²) in [6.07, 6.45) is 9.06. The molecular weight excluding hydrogens is 652 g/mol. The van der Waals surface area contributed by atoms with E-state index in [1.165, 1.54) is 26.5 Å². The van der Waals surface area contributed by atoms with Crippen LogP contribution in [-0.2, 0) is 48.1 Å². The van der Waals surface area contributed by atoms with Crippen LogP contribution in [0.1, 0.15) is 130 Å². The molecule has 0 bridgehead atoms. The van der Waals surface area contributed by atoms with Crippen LogP contribution in [0.15, 0.2) is 30.3 Å². The van der Waals surface area contributed by atoms with Crippen LogP contribution in [0.3, 0.4) is 0 Å². The average Bonchev–Trinajstić information content (AvgIpc) is 3.48. The van der Waals surface area contributed by atoms with Gasteiger partial charge in [-0.3, -0.25) is 14.4 Å². The van der Waals surface area contributed by atoms with Crippen LogP contribution in [0.2, 0.25) is 0 Å². The fraction of sp³-hybridized carbons (Fsp3) is 0.780. The van der Waals surface area contributed by atoms with Gasteiger partial charge in [0.15, 0.2) is 0 Å². The first-order valence-corrected chi connectivity index (χ1v) is 19.5. The van der Waals surface area contributed by atoms with Crippen molar-refractivity contribution in [3.63, 3.8) is 0 Å². The van der Waals surface area contributed by atoms with Gasteiger partial charge in [0.1, 0.15) is 12.2 Å². The minimum absolute atomic E-state index is 0.102. The van der Waals surface area contributed by atoms with E-state index in [2.05, 4.69) is 45.0 Å². The van der Waals surface area contributed by atoms with Crippen molar-refractivity contribution in [2.75, 3.05) is 7.11 Å². The van der Waals surface area contributed by atoms with Crippen molar-refractivity contribution in [3.05, 3.63) is 35.9 Å². The van der Waals surface area contributed by atoms with Gasteiger partial charge in [-0.2, -0.15) is 19.6 Å². The number of ether oxygens (including phenoxy) is 3. The number of carbonyl (C=O) groups is 3. The summed E-state index contributed by atoms with van der Waals surface area (Å²) in [5, 5.41) is 0. The Labute approximate surface area is 302 Å². The summed E-state index contributed by atoms with van der Waals surface area (Å²) in [5.41, 5.74) is 0.896. The molecule has 1 aromatic rings. The van der Waals surface area contributed by atoms with Gasteiger partial charge in [0.2, 0.25) is 11.6 Å². The predicted molar refractivity (Wildman–Crippen MR) is 185 cm³/mol. The highest BCUT2D eigenvalue weighted by molar-refractivity contribution is 5.69. The van der Waals surface area contributed by atoms with Gasteiger partial charge in [-0.15, -0.1) is 0 Å². The molecule has 0 amide bonds. The van der Waals surface area contributed by atoms with E-state index < -0.39 is 11.6 Å². The molecule has 282 valence electrons. The van der Waals surface area contributed by atoms with Gasteiger partial charge in [-0.05, 0) is 97.9 Å². The van der Waals surface area contributed by atoms with Gasteiger partial charge in [-0.1, -0.05) is 51.1 Å². The van der Waals surface area contributed by atoms with E-state index in [0.717, 1.165) is 38.5 Å². The lowest BCUT2D eigenvalue weighted by Gasteiger charge is -2.65. The van der Waals surface area contributed by atoms with Crippen molar-refractivity contribution in [3.8, 4) is 0 Å². The minimum Gasteiger partial charge on any atom is -0.469 e. The molecule has 5 saturated carbocycles. The quantitative estimate of drug-likeness (QED) is 0.157. The normalized spacial score (nSPS) is 43.7. The van der Waals surface area contributed by atoms with Crippen LogP contribution in [0.5, 0.6) is 0 Å². The number of benzene rings is 1. The Morgan fingerprint density at radius 2 is 1.49 bits per heavy atom. The topological polar surface area (TPSA) is 116 Å². The van der Waals surface area contributed by atoms with Crippen molar-refractivity contribution in [2.45, 2.75) is 148 Å². The molecule has 0 N–H and O–H groups in total. The first-order chi connectivity index (χ1) is 24.3. The van der Waals surface area contributed by atoms with Gasteiger partial charge in [0.05, 0.1) is 7.11 Å². The molecular formula is C41H58O10. The van der Waals surface area contributed by atoms with Crippen LogP contribution in [0, 0.1) is 46.3 Å². The second-order valence-electron chi connectivity index (χ2n) is 17.4. The number of methoxy groups -OCH3 is 1. The van der Waals surface area contributed by atoms with E-state index in [4.69, 9.17) is 33.8 Å². The maximum atomic E-state index is 12.7. The molecule has 2 spiro atoms. The number of hydrogen-bond acceptors (Lipinski definition) is 10. The number of hydrogen-bond donors (Lipinski definition) is 0. The average molecular weight is 711 g/mol. The van der Waals surface area contributed by atoms with Gasteiger partial charge in [0, 0.05) is 57.3 Å². The SMILES string of the molecule is COC(=O)CCC(C)C1CCC2C3C(C[C@H](OC(C)=O)[C@]12C)[C@@]1(C)CCC2(C[C@H]1C[C@H]3OC(C)=O)OOC1(CCC(c3ccccc3)CC1)OO2. The molecule has 10 atom stereocenters. The lowest BCUT2D eigenvalue weighted by atomic mass is 9.42. The zero-order valence-electron chi connectivity index (χ0n) is 31.4. The molecule has 51 heavy (non-hydrogen) atoms. The van der Waals surface area contributed by atoms with Crippen molar-refractivity contribution in [1.82, 2.24) is 0 Å². The summed E-state index contributed by atoms with van der Waals surface area (Å²) in [7, 11) is 1.43. The molecule has 5 aliphatic carbocycles. The molecule has 6 aliphatic rings. The Kier molecular flexibility index (Phi) is 10.1. The highest BCUT2D eigenvalue weighted by atomic mass is 17.4. The maximum absolute atomic E-state index is 12.7. The first-order valence-electron chi connectivity index (χ1n) is 19.5. The van der Waals surface area contributed by atoms with Gasteiger partial charge < -0.3 is 14.2 Å². The summed E-state index contributed by atoms with van der Waals surface area (Å²) in [6.45, 7) is 9.90. The molecule has 10 nitrogen and oxygen atoms in total. The fourth-order valence-corrected chi connectivity index (χ4v) is 12.2. The predicted octanol–water partition coefficient (Wildman–Crippen LogP) is 7.98. The molecule has 5 unspecified atom stereocenters. The lowest BCUT2D eigenvalue weighted by molar-refractivity contribution is -0.665. The van der Waals surface area contributed by atoms with E-state index in [-0.39, 0.29) is 76.5 Å². The number of carbonyl (C=O) groups excluding carboxylic acids is 3. The molecule has 10 heteroatoms. The first kappa shape index (κ1) is 36.8. The van der Waals surface area contributed by atoms with Gasteiger partial charge >= 0.3 is 17.9 Å². The molecule has 0 aromatic heterocycles. The summed E-state index contributed by atoms with van der Waals surface area (Å²) in [4.78, 5) is 62.4. The summed E-state index contributed by atoms with van der Waals surface area (Å²) < 4.78 is 17.5. The van der Waals surface area contributed by atoms with E-state index in [0.29, 0.717) is 50.9 Å². The Bertz CT molecular complexity index is 1430. The fourth-order valence-electron chi connectivity index (χ4n) is 12.2. The van der Waals surface area contributed by atoms with Crippen LogP contribution in [0.4, 0.5) is 0 Å². The van der Waals surface area contributed by atoms with Crippen molar-refractivity contribution in [1.29, 1.82) is 0 Å². The third-order valence-corrected chi connectivity index (χ3v) is 14.9. The third-order valence-electron chi connectivity index (χ3n) is 14.9. The van der Waals surface area contributed by atoms with Crippen LogP contribution in [-0.4, -0.2) is 48.8 Å². The minimum atomic E-state index is -1.04. The maximum Gasteiger partial charge on any atom is 0.305 e. The number of rotatable bonds is 7. The third kappa shape index (κ3) is 6.65. The Hall–Kier alpha value is -2.53. The van der Waals surface area contributed by atoms with Crippen LogP contribution < -0.4 is 0 Å². The zero-order chi connectivity index (χ0) is 36.2. The van der Waals surface area contributed by atoms with Crippen LogP contribution in [0.25, 0.3) is 0 Å². The highest BCUT2D eigenvalue weighted by Gasteiger charge is 2.69. The molecule has 1 heterocycles. The van der Waals surface area contributed by atoms with Crippen LogP contribution >= 0.6 is 0 Å². The Morgan fingerprint density at radius 3 is 2.14 bits per heavy atom. The Morgan fingerprint density at radius 1 is 0.824 bits per heavy atom. The molecule has 1 aliphatic heterocycles. The van der Waals surface area contributed by atoms with Crippen molar-refractivity contribution >= 4 is 17.9 Å². The van der Waals surface area contributed by atoms with E-state index in [9.17, 15) is 14.4 Å². The lowest BCUT2D eigenvalue weighted by Crippen LogP contribution is -2.65. The monoisotopic (exact) mass is 710 g/mol. The van der Waals surface area contributed by atoms with Gasteiger partial charge in [-0.25, -0.2) is 0 Å². The van der Waals surface area contributed by atoms with Crippen molar-refractivity contribution in [2.24, 2.45) is 46.3 Å². The summed E-state index contributed by atoms with van der Waals surface area (Å²) >= 11 is 0. The van der Waals surface area contributed by atoms with Gasteiger partial charge in [0.25, 0.3) is 0 Å². The smallest absolute Gasteiger partial charge is 0.305 e.